The van der Waals surface area contributed by atoms with Crippen LogP contribution in [0.15, 0.2) is 27.5 Å². The molecule has 13 heteroatoms. The van der Waals surface area contributed by atoms with Crippen LogP contribution in [0.2, 0.25) is 0 Å². The van der Waals surface area contributed by atoms with Crippen LogP contribution in [0.25, 0.3) is 0 Å². The first kappa shape index (κ1) is 28.3. The highest BCUT2D eigenvalue weighted by molar-refractivity contribution is 7.92. The average molecular weight is 569 g/mol. The van der Waals surface area contributed by atoms with Crippen LogP contribution in [0.4, 0.5) is 11.4 Å². The van der Waals surface area contributed by atoms with E-state index < -0.39 is 20.0 Å². The van der Waals surface area contributed by atoms with Gasteiger partial charge in [0.2, 0.25) is 15.9 Å². The molecule has 1 heterocycles. The lowest BCUT2D eigenvalue weighted by Gasteiger charge is -2.39. The van der Waals surface area contributed by atoms with Gasteiger partial charge in [0.15, 0.2) is 0 Å². The first-order valence-electron chi connectivity index (χ1n) is 13.0. The number of carbonyl (C=O) groups excluding carboxylic acids is 2. The fourth-order valence-corrected chi connectivity index (χ4v) is 7.65. The van der Waals surface area contributed by atoms with Crippen LogP contribution in [-0.4, -0.2) is 64.9 Å². The number of rotatable bonds is 10. The molecule has 1 aromatic carbocycles. The van der Waals surface area contributed by atoms with Gasteiger partial charge in [0.05, 0.1) is 30.9 Å². The van der Waals surface area contributed by atoms with Crippen molar-refractivity contribution in [2.75, 3.05) is 29.4 Å². The van der Waals surface area contributed by atoms with E-state index >= 15 is 0 Å². The monoisotopic (exact) mass is 568 g/mol. The first-order valence-corrected chi connectivity index (χ1v) is 16.3. The van der Waals surface area contributed by atoms with Gasteiger partial charge in [-0.15, -0.1) is 4.40 Å². The Bertz CT molecular complexity index is 1340. The Hall–Kier alpha value is -2.67. The van der Waals surface area contributed by atoms with Crippen LogP contribution in [0.1, 0.15) is 52.9 Å². The molecule has 0 saturated heterocycles. The Morgan fingerprint density at radius 3 is 2.61 bits per heavy atom. The van der Waals surface area contributed by atoms with E-state index in [4.69, 9.17) is 4.74 Å². The van der Waals surface area contributed by atoms with Crippen LogP contribution in [0.3, 0.4) is 0 Å². The highest BCUT2D eigenvalue weighted by Gasteiger charge is 2.54. The molecule has 4 rings (SSSR count). The molecule has 2 unspecified atom stereocenters. The zero-order valence-corrected chi connectivity index (χ0v) is 23.8. The summed E-state index contributed by atoms with van der Waals surface area (Å²) in [6.45, 7) is 6.63. The minimum atomic E-state index is -4.18. The molecule has 2 bridgehead atoms. The SMILES string of the molecule is CCOC(=O)C1C(N(CCC(C)C)C(=O)CC2=NS(=O)(=O)c3cc(NS(C)(=O)=O)ccc3N2)[C@H]2CC[C@@H]1C2. The second kappa shape index (κ2) is 10.8. The van der Waals surface area contributed by atoms with Crippen LogP contribution in [-0.2, 0) is 34.4 Å². The number of sulfonamides is 2. The Morgan fingerprint density at radius 2 is 1.95 bits per heavy atom. The number of hydrogen-bond donors (Lipinski definition) is 2. The summed E-state index contributed by atoms with van der Waals surface area (Å²) in [4.78, 5) is 28.2. The predicted molar refractivity (Wildman–Crippen MR) is 144 cm³/mol. The van der Waals surface area contributed by atoms with Crippen molar-refractivity contribution >= 4 is 49.1 Å². The maximum atomic E-state index is 13.7. The standard InChI is InChI=1S/C25H36N4O7S2/c1-5-36-25(31)23-16-6-7-17(12-16)24(23)29(11-10-15(2)3)22(30)14-21-26-19-9-8-18(27-37(4,32)33)13-20(19)38(34,35)28-21/h8-9,13,15-17,23-24,27H,5-7,10-12,14H2,1-4H3,(H,26,28)/t16-,17+,23?,24?/m1/s1. The van der Waals surface area contributed by atoms with E-state index in [9.17, 15) is 26.4 Å². The van der Waals surface area contributed by atoms with Crippen LogP contribution >= 0.6 is 0 Å². The van der Waals surface area contributed by atoms with E-state index in [0.29, 0.717) is 12.5 Å². The number of fused-ring (bicyclic) bond motifs is 3. The number of amidine groups is 1. The molecule has 4 atom stereocenters. The van der Waals surface area contributed by atoms with E-state index in [1.54, 1.807) is 11.8 Å². The molecule has 2 aliphatic carbocycles. The van der Waals surface area contributed by atoms with E-state index in [1.807, 2.05) is 0 Å². The average Bonchev–Trinajstić information content (AvgIpc) is 3.40. The van der Waals surface area contributed by atoms with Crippen molar-refractivity contribution in [2.24, 2.45) is 28.1 Å². The topological polar surface area (TPSA) is 151 Å². The zero-order valence-electron chi connectivity index (χ0n) is 22.1. The van der Waals surface area contributed by atoms with E-state index in [0.717, 1.165) is 31.9 Å². The normalized spacial score (nSPS) is 25.3. The van der Waals surface area contributed by atoms with Crippen molar-refractivity contribution < 1.29 is 31.2 Å². The van der Waals surface area contributed by atoms with Gasteiger partial charge in [-0.05, 0) is 68.6 Å². The van der Waals surface area contributed by atoms with Gasteiger partial charge in [-0.3, -0.25) is 14.3 Å². The lowest BCUT2D eigenvalue weighted by molar-refractivity contribution is -0.154. The number of esters is 1. The maximum absolute atomic E-state index is 13.7. The molecule has 0 aromatic heterocycles. The minimum absolute atomic E-state index is 0.0169. The molecule has 2 saturated carbocycles. The summed E-state index contributed by atoms with van der Waals surface area (Å²) in [5.41, 5.74) is 0.299. The number of hydrogen-bond acceptors (Lipinski definition) is 8. The van der Waals surface area contributed by atoms with Crippen molar-refractivity contribution in [2.45, 2.75) is 63.8 Å². The third-order valence-corrected chi connectivity index (χ3v) is 9.41. The van der Waals surface area contributed by atoms with E-state index in [1.165, 1.54) is 18.2 Å². The van der Waals surface area contributed by atoms with Gasteiger partial charge in [-0.25, -0.2) is 8.42 Å². The molecule has 0 spiro atoms. The molecule has 3 aliphatic rings. The molecule has 1 amide bonds. The van der Waals surface area contributed by atoms with Crippen LogP contribution in [0, 0.1) is 23.7 Å². The summed E-state index contributed by atoms with van der Waals surface area (Å²) < 4.78 is 60.5. The number of amides is 1. The van der Waals surface area contributed by atoms with Crippen LogP contribution in [0.5, 0.6) is 0 Å². The zero-order chi connectivity index (χ0) is 27.8. The second-order valence-electron chi connectivity index (χ2n) is 10.8. The van der Waals surface area contributed by atoms with Crippen molar-refractivity contribution in [3.05, 3.63) is 18.2 Å². The lowest BCUT2D eigenvalue weighted by atomic mass is 9.83. The summed E-state index contributed by atoms with van der Waals surface area (Å²) in [6, 6.07) is 3.77. The van der Waals surface area contributed by atoms with Crippen molar-refractivity contribution in [1.29, 1.82) is 0 Å². The molecule has 1 aliphatic heterocycles. The van der Waals surface area contributed by atoms with Gasteiger partial charge in [0, 0.05) is 18.3 Å². The van der Waals surface area contributed by atoms with E-state index in [-0.39, 0.29) is 70.8 Å². The first-order chi connectivity index (χ1) is 17.8. The molecule has 1 aromatic rings. The number of nitrogens with one attached hydrogen (secondary N) is 2. The smallest absolute Gasteiger partial charge is 0.311 e. The fourth-order valence-electron chi connectivity index (χ4n) is 5.93. The van der Waals surface area contributed by atoms with Gasteiger partial charge in [0.25, 0.3) is 10.0 Å². The largest absolute Gasteiger partial charge is 0.466 e. The molecule has 2 fully saturated rings. The van der Waals surface area contributed by atoms with Gasteiger partial charge in [-0.1, -0.05) is 13.8 Å². The number of ether oxygens (including phenoxy) is 1. The Kier molecular flexibility index (Phi) is 8.08. The molecule has 210 valence electrons. The van der Waals surface area contributed by atoms with Gasteiger partial charge in [-0.2, -0.15) is 8.42 Å². The highest BCUT2D eigenvalue weighted by atomic mass is 32.2. The molecular formula is C25H36N4O7S2. The molecule has 38 heavy (non-hydrogen) atoms. The number of anilines is 2. The third kappa shape index (κ3) is 6.14. The number of benzene rings is 1. The summed E-state index contributed by atoms with van der Waals surface area (Å²) in [5.74, 6) is -0.236. The van der Waals surface area contributed by atoms with Gasteiger partial charge >= 0.3 is 5.97 Å². The number of nitrogens with zero attached hydrogens (tertiary/aromatic N) is 2. The van der Waals surface area contributed by atoms with Gasteiger partial charge in [0.1, 0.15) is 10.7 Å². The van der Waals surface area contributed by atoms with Crippen molar-refractivity contribution in [3.63, 3.8) is 0 Å². The Labute approximate surface area is 224 Å². The molecule has 0 radical (unpaired) electrons. The predicted octanol–water partition coefficient (Wildman–Crippen LogP) is 2.81. The highest BCUT2D eigenvalue weighted by Crippen LogP contribution is 2.51. The lowest BCUT2D eigenvalue weighted by Crippen LogP contribution is -2.51. The summed E-state index contributed by atoms with van der Waals surface area (Å²) in [6.07, 6.45) is 4.20. The molecule has 2 N–H and O–H groups in total. The Morgan fingerprint density at radius 1 is 1.24 bits per heavy atom. The van der Waals surface area contributed by atoms with Crippen LogP contribution < -0.4 is 10.0 Å². The van der Waals surface area contributed by atoms with E-state index in [2.05, 4.69) is 28.3 Å². The Balaban J connectivity index is 1.58. The minimum Gasteiger partial charge on any atom is -0.466 e. The third-order valence-electron chi connectivity index (χ3n) is 7.45. The number of carbonyl (C=O) groups is 2. The van der Waals surface area contributed by atoms with Gasteiger partial charge < -0.3 is 15.0 Å². The maximum Gasteiger partial charge on any atom is 0.311 e. The summed E-state index contributed by atoms with van der Waals surface area (Å²) in [5, 5.41) is 2.93. The summed E-state index contributed by atoms with van der Waals surface area (Å²) >= 11 is 0. The van der Waals surface area contributed by atoms with Crippen molar-refractivity contribution in [3.8, 4) is 0 Å². The fraction of sp³-hybridized carbons (Fsp3) is 0.640. The second-order valence-corrected chi connectivity index (χ2v) is 14.1. The quantitative estimate of drug-likeness (QED) is 0.409. The summed E-state index contributed by atoms with van der Waals surface area (Å²) in [7, 11) is -7.78. The molecule has 11 nitrogen and oxygen atoms in total. The molecular weight excluding hydrogens is 532 g/mol. The van der Waals surface area contributed by atoms with Crippen molar-refractivity contribution in [1.82, 2.24) is 4.90 Å².